The molecule has 1 amide bonds. The van der Waals surface area contributed by atoms with Crippen molar-refractivity contribution >= 4 is 5.91 Å². The lowest BCUT2D eigenvalue weighted by atomic mass is 10.3. The summed E-state index contributed by atoms with van der Waals surface area (Å²) in [4.78, 5) is 10.5. The minimum absolute atomic E-state index is 0.0864. The fourth-order valence-corrected chi connectivity index (χ4v) is 0.840. The standard InChI is InChI=1S/C10H12NO2/c1-9(12)11-7-8-13-10-5-3-2-4-6-10/h2-7H,8H2,1H3,(H,11,12). The Balaban J connectivity index is 2.17. The second-order valence-electron chi connectivity index (χ2n) is 2.53. The second-order valence-corrected chi connectivity index (χ2v) is 2.53. The van der Waals surface area contributed by atoms with Crippen LogP contribution < -0.4 is 10.1 Å². The molecule has 1 rings (SSSR count). The number of hydrogen-bond acceptors (Lipinski definition) is 2. The topological polar surface area (TPSA) is 38.3 Å². The van der Waals surface area contributed by atoms with Gasteiger partial charge in [-0.15, -0.1) is 0 Å². The fraction of sp³-hybridized carbons (Fsp3) is 0.200. The van der Waals surface area contributed by atoms with E-state index in [2.05, 4.69) is 5.32 Å². The van der Waals surface area contributed by atoms with Gasteiger partial charge in [-0.25, -0.2) is 0 Å². The number of rotatable bonds is 4. The summed E-state index contributed by atoms with van der Waals surface area (Å²) >= 11 is 0. The summed E-state index contributed by atoms with van der Waals surface area (Å²) in [5, 5.41) is 2.53. The van der Waals surface area contributed by atoms with Gasteiger partial charge in [-0.2, -0.15) is 0 Å². The largest absolute Gasteiger partial charge is 0.491 e. The molecule has 0 saturated carbocycles. The Morgan fingerprint density at radius 3 is 2.77 bits per heavy atom. The lowest BCUT2D eigenvalue weighted by Gasteiger charge is -2.04. The van der Waals surface area contributed by atoms with Crippen molar-refractivity contribution in [1.29, 1.82) is 0 Å². The average Bonchev–Trinajstić information content (AvgIpc) is 2.14. The first-order chi connectivity index (χ1) is 6.29. The summed E-state index contributed by atoms with van der Waals surface area (Å²) in [6.07, 6.45) is 0. The summed E-state index contributed by atoms with van der Waals surface area (Å²) in [6, 6.07) is 9.44. The highest BCUT2D eigenvalue weighted by atomic mass is 16.5. The first-order valence-corrected chi connectivity index (χ1v) is 4.05. The zero-order valence-corrected chi connectivity index (χ0v) is 7.49. The normalized spacial score (nSPS) is 9.31. The van der Waals surface area contributed by atoms with Gasteiger partial charge in [0.1, 0.15) is 12.4 Å². The van der Waals surface area contributed by atoms with Crippen molar-refractivity contribution in [3.63, 3.8) is 0 Å². The van der Waals surface area contributed by atoms with Crippen LogP contribution in [-0.4, -0.2) is 12.5 Å². The molecule has 69 valence electrons. The number of benzene rings is 1. The maximum Gasteiger partial charge on any atom is 0.217 e. The lowest BCUT2D eigenvalue weighted by molar-refractivity contribution is -0.118. The molecule has 1 aromatic carbocycles. The van der Waals surface area contributed by atoms with E-state index >= 15 is 0 Å². The van der Waals surface area contributed by atoms with Crippen LogP contribution >= 0.6 is 0 Å². The highest BCUT2D eigenvalue weighted by molar-refractivity contribution is 5.73. The zero-order valence-electron chi connectivity index (χ0n) is 7.49. The molecule has 0 fully saturated rings. The number of hydrogen-bond donors (Lipinski definition) is 1. The van der Waals surface area contributed by atoms with Crippen molar-refractivity contribution in [3.8, 4) is 5.75 Å². The number of ether oxygens (including phenoxy) is 1. The quantitative estimate of drug-likeness (QED) is 0.707. The molecule has 0 aliphatic heterocycles. The van der Waals surface area contributed by atoms with Gasteiger partial charge in [-0.1, -0.05) is 18.2 Å². The van der Waals surface area contributed by atoms with E-state index in [1.807, 2.05) is 30.3 Å². The third-order valence-electron chi connectivity index (χ3n) is 1.38. The predicted molar refractivity (Wildman–Crippen MR) is 50.1 cm³/mol. The molecule has 0 aliphatic carbocycles. The van der Waals surface area contributed by atoms with Gasteiger partial charge in [0, 0.05) is 6.92 Å². The summed E-state index contributed by atoms with van der Waals surface area (Å²) in [6.45, 7) is 3.41. The molecule has 0 spiro atoms. The molecule has 0 heterocycles. The van der Waals surface area contributed by atoms with E-state index in [1.54, 1.807) is 6.54 Å². The van der Waals surface area contributed by atoms with Gasteiger partial charge >= 0.3 is 0 Å². The third-order valence-corrected chi connectivity index (χ3v) is 1.38. The Hall–Kier alpha value is -1.51. The number of carbonyl (C=O) groups is 1. The Morgan fingerprint density at radius 1 is 1.46 bits per heavy atom. The molecule has 0 bridgehead atoms. The van der Waals surface area contributed by atoms with Crippen molar-refractivity contribution < 1.29 is 9.53 Å². The van der Waals surface area contributed by atoms with Gasteiger partial charge in [-0.3, -0.25) is 4.79 Å². The first-order valence-electron chi connectivity index (χ1n) is 4.05. The van der Waals surface area contributed by atoms with E-state index < -0.39 is 0 Å². The van der Waals surface area contributed by atoms with Gasteiger partial charge in [0.05, 0.1) is 6.54 Å². The smallest absolute Gasteiger partial charge is 0.217 e. The van der Waals surface area contributed by atoms with Crippen LogP contribution in [0.2, 0.25) is 0 Å². The maximum absolute atomic E-state index is 10.5. The van der Waals surface area contributed by atoms with E-state index in [0.717, 1.165) is 5.75 Å². The second kappa shape index (κ2) is 5.19. The van der Waals surface area contributed by atoms with Gasteiger partial charge in [0.2, 0.25) is 5.91 Å². The maximum atomic E-state index is 10.5. The SMILES string of the molecule is CC(=O)N[CH]COc1ccccc1. The molecule has 0 atom stereocenters. The summed E-state index contributed by atoms with van der Waals surface area (Å²) < 4.78 is 5.29. The van der Waals surface area contributed by atoms with Crippen molar-refractivity contribution in [2.24, 2.45) is 0 Å². The minimum atomic E-state index is -0.0864. The number of amides is 1. The summed E-state index contributed by atoms with van der Waals surface area (Å²) in [7, 11) is 0. The van der Waals surface area contributed by atoms with Crippen molar-refractivity contribution in [3.05, 3.63) is 36.9 Å². The van der Waals surface area contributed by atoms with Crippen LogP contribution in [0.3, 0.4) is 0 Å². The van der Waals surface area contributed by atoms with E-state index in [1.165, 1.54) is 6.92 Å². The monoisotopic (exact) mass is 178 g/mol. The molecule has 0 saturated heterocycles. The van der Waals surface area contributed by atoms with E-state index in [0.29, 0.717) is 6.61 Å². The van der Waals surface area contributed by atoms with Crippen LogP contribution in [0, 0.1) is 6.54 Å². The summed E-state index contributed by atoms with van der Waals surface area (Å²) in [5.41, 5.74) is 0. The highest BCUT2D eigenvalue weighted by Crippen LogP contribution is 2.07. The van der Waals surface area contributed by atoms with Gasteiger partial charge < -0.3 is 10.1 Å². The fourth-order valence-electron chi connectivity index (χ4n) is 0.840. The van der Waals surface area contributed by atoms with Crippen molar-refractivity contribution in [2.75, 3.05) is 6.61 Å². The number of carbonyl (C=O) groups excluding carboxylic acids is 1. The Kier molecular flexibility index (Phi) is 3.82. The first kappa shape index (κ1) is 9.58. The molecule has 1 aromatic rings. The van der Waals surface area contributed by atoms with Crippen LogP contribution in [-0.2, 0) is 4.79 Å². The van der Waals surface area contributed by atoms with Crippen molar-refractivity contribution in [1.82, 2.24) is 5.32 Å². The molecular formula is C10H12NO2. The van der Waals surface area contributed by atoms with Crippen molar-refractivity contribution in [2.45, 2.75) is 6.92 Å². The molecule has 13 heavy (non-hydrogen) atoms. The molecule has 0 aliphatic rings. The number of nitrogens with one attached hydrogen (secondary N) is 1. The molecule has 0 aromatic heterocycles. The van der Waals surface area contributed by atoms with Crippen LogP contribution in [0.4, 0.5) is 0 Å². The van der Waals surface area contributed by atoms with Crippen LogP contribution in [0.15, 0.2) is 30.3 Å². The Labute approximate surface area is 77.7 Å². The zero-order chi connectivity index (χ0) is 9.52. The molecule has 0 unspecified atom stereocenters. The average molecular weight is 178 g/mol. The van der Waals surface area contributed by atoms with Gasteiger partial charge in [0.15, 0.2) is 0 Å². The van der Waals surface area contributed by atoms with E-state index in [9.17, 15) is 4.79 Å². The van der Waals surface area contributed by atoms with E-state index in [4.69, 9.17) is 4.74 Å². The Morgan fingerprint density at radius 2 is 2.15 bits per heavy atom. The molecule has 3 nitrogen and oxygen atoms in total. The van der Waals surface area contributed by atoms with Crippen LogP contribution in [0.1, 0.15) is 6.92 Å². The summed E-state index contributed by atoms with van der Waals surface area (Å²) in [5.74, 6) is 0.709. The predicted octanol–water partition coefficient (Wildman–Crippen LogP) is 1.36. The van der Waals surface area contributed by atoms with Gasteiger partial charge in [-0.05, 0) is 12.1 Å². The highest BCUT2D eigenvalue weighted by Gasteiger charge is 1.92. The van der Waals surface area contributed by atoms with Crippen LogP contribution in [0.5, 0.6) is 5.75 Å². The third kappa shape index (κ3) is 4.15. The van der Waals surface area contributed by atoms with E-state index in [-0.39, 0.29) is 5.91 Å². The Bertz CT molecular complexity index is 259. The van der Waals surface area contributed by atoms with Gasteiger partial charge in [0.25, 0.3) is 0 Å². The number of para-hydroxylation sites is 1. The van der Waals surface area contributed by atoms with Crippen LogP contribution in [0.25, 0.3) is 0 Å². The lowest BCUT2D eigenvalue weighted by Crippen LogP contribution is -2.20. The molecule has 1 radical (unpaired) electrons. The molecule has 1 N–H and O–H groups in total. The minimum Gasteiger partial charge on any atom is -0.491 e. The molecule has 3 heteroatoms. The molecular weight excluding hydrogens is 166 g/mol.